The van der Waals surface area contributed by atoms with E-state index in [1.807, 2.05) is 51.4 Å². The van der Waals surface area contributed by atoms with Gasteiger partial charge in [-0.3, -0.25) is 0 Å². The van der Waals surface area contributed by atoms with Gasteiger partial charge in [0, 0.05) is 12.1 Å². The van der Waals surface area contributed by atoms with Crippen LogP contribution >= 0.6 is 0 Å². The molecule has 31 heavy (non-hydrogen) atoms. The number of carboxylic acids is 1. The van der Waals surface area contributed by atoms with E-state index in [1.54, 1.807) is 0 Å². The molecule has 0 aliphatic carbocycles. The van der Waals surface area contributed by atoms with Crippen molar-refractivity contribution in [2.45, 2.75) is 25.7 Å². The van der Waals surface area contributed by atoms with Crippen LogP contribution in [0.2, 0.25) is 0 Å². The average Bonchev–Trinajstić information content (AvgIpc) is 3.37. The highest BCUT2D eigenvalue weighted by Gasteiger charge is 2.38. The van der Waals surface area contributed by atoms with Gasteiger partial charge in [-0.15, -0.1) is 5.10 Å². The van der Waals surface area contributed by atoms with E-state index in [4.69, 9.17) is 19.7 Å². The summed E-state index contributed by atoms with van der Waals surface area (Å²) in [5.41, 5.74) is 2.10. The maximum atomic E-state index is 10.6. The topological polar surface area (TPSA) is 134 Å². The minimum absolute atomic E-state index is 0.109. The van der Waals surface area contributed by atoms with Gasteiger partial charge in [0.25, 0.3) is 11.7 Å². The summed E-state index contributed by atoms with van der Waals surface area (Å²) in [7, 11) is 4.06. The molecule has 0 saturated heterocycles. The number of carbonyl (C=O) groups is 1. The third-order valence-corrected chi connectivity index (χ3v) is 3.76. The molecule has 0 saturated carbocycles. The molecule has 1 unspecified atom stereocenters. The molecule has 0 radical (unpaired) electrons. The van der Waals surface area contributed by atoms with Crippen LogP contribution in [0.4, 0.5) is 13.2 Å². The van der Waals surface area contributed by atoms with Crippen LogP contribution in [0.5, 0.6) is 0 Å². The van der Waals surface area contributed by atoms with Gasteiger partial charge in [0.1, 0.15) is 18.4 Å². The van der Waals surface area contributed by atoms with Gasteiger partial charge in [-0.25, -0.2) is 14.5 Å². The number of aliphatic carboxylic acids is 1. The summed E-state index contributed by atoms with van der Waals surface area (Å²) in [6, 6.07) is 9.63. The molecule has 1 atom stereocenters. The summed E-state index contributed by atoms with van der Waals surface area (Å²) < 4.78 is 38.6. The Kier molecular flexibility index (Phi) is 7.43. The Balaban J connectivity index is 0.000000423. The van der Waals surface area contributed by atoms with Gasteiger partial charge < -0.3 is 14.5 Å². The van der Waals surface area contributed by atoms with Crippen molar-refractivity contribution in [1.82, 2.24) is 29.8 Å². The number of hydrogen-bond acceptors (Lipinski definition) is 8. The molecule has 0 amide bonds. The zero-order chi connectivity index (χ0) is 23.2. The predicted molar refractivity (Wildman–Crippen MR) is 99.4 cm³/mol. The van der Waals surface area contributed by atoms with E-state index in [0.29, 0.717) is 11.7 Å². The summed E-state index contributed by atoms with van der Waals surface area (Å²) in [6.07, 6.45) is -3.61. The lowest BCUT2D eigenvalue weighted by Crippen LogP contribution is -2.21. The Morgan fingerprint density at radius 1 is 1.32 bits per heavy atom. The second kappa shape index (κ2) is 9.81. The first-order valence-electron chi connectivity index (χ1n) is 8.70. The second-order valence-corrected chi connectivity index (χ2v) is 6.53. The standard InChI is InChI=1S/C16H17N7O.C2HF3O2/c1-11(23-10-18-14(8-17)20-23)16-19-15(21-24-16)13-6-4-12(5-7-13)9-22(2)3;3-2(4,5)1(6)7/h4-7,10-11H,9H2,1-3H3;(H,6,7). The molecule has 164 valence electrons. The van der Waals surface area contributed by atoms with Crippen molar-refractivity contribution in [1.29, 1.82) is 5.26 Å². The number of alkyl halides is 3. The third kappa shape index (κ3) is 6.61. The van der Waals surface area contributed by atoms with Crippen molar-refractivity contribution >= 4 is 5.97 Å². The maximum absolute atomic E-state index is 10.6. The number of benzene rings is 1. The first-order valence-corrected chi connectivity index (χ1v) is 8.70. The fraction of sp³-hybridized carbons (Fsp3) is 0.333. The van der Waals surface area contributed by atoms with E-state index >= 15 is 0 Å². The first-order chi connectivity index (χ1) is 14.5. The first kappa shape index (κ1) is 23.5. The Bertz CT molecular complexity index is 1050. The van der Waals surface area contributed by atoms with Crippen LogP contribution in [0.25, 0.3) is 11.4 Å². The maximum Gasteiger partial charge on any atom is 0.490 e. The van der Waals surface area contributed by atoms with Gasteiger partial charge >= 0.3 is 12.1 Å². The molecule has 1 N–H and O–H groups in total. The number of rotatable bonds is 5. The minimum atomic E-state index is -5.08. The van der Waals surface area contributed by atoms with Gasteiger partial charge in [-0.2, -0.15) is 23.4 Å². The van der Waals surface area contributed by atoms with Crippen molar-refractivity contribution in [3.8, 4) is 17.5 Å². The van der Waals surface area contributed by atoms with Crippen LogP contribution in [-0.2, 0) is 11.3 Å². The van der Waals surface area contributed by atoms with E-state index in [0.717, 1.165) is 12.1 Å². The van der Waals surface area contributed by atoms with Crippen LogP contribution in [0.3, 0.4) is 0 Å². The molecular weight excluding hydrogens is 419 g/mol. The number of halogens is 3. The highest BCUT2D eigenvalue weighted by atomic mass is 19.4. The molecule has 0 fully saturated rings. The van der Waals surface area contributed by atoms with Gasteiger partial charge in [0.15, 0.2) is 0 Å². The van der Waals surface area contributed by atoms with E-state index < -0.39 is 12.1 Å². The van der Waals surface area contributed by atoms with Gasteiger partial charge in [-0.05, 0) is 26.6 Å². The molecule has 10 nitrogen and oxygen atoms in total. The van der Waals surface area contributed by atoms with Gasteiger partial charge in [0.05, 0.1) is 0 Å². The number of nitrogens with zero attached hydrogens (tertiary/aromatic N) is 7. The quantitative estimate of drug-likeness (QED) is 0.639. The van der Waals surface area contributed by atoms with Crippen molar-refractivity contribution < 1.29 is 27.6 Å². The summed E-state index contributed by atoms with van der Waals surface area (Å²) in [6.45, 7) is 2.73. The molecular formula is C18H18F3N7O3. The fourth-order valence-electron chi connectivity index (χ4n) is 2.27. The van der Waals surface area contributed by atoms with E-state index in [9.17, 15) is 13.2 Å². The van der Waals surface area contributed by atoms with Crippen LogP contribution in [0.1, 0.15) is 30.2 Å². The highest BCUT2D eigenvalue weighted by molar-refractivity contribution is 5.73. The molecule has 0 bridgehead atoms. The Labute approximate surface area is 174 Å². The molecule has 3 aromatic rings. The molecule has 2 heterocycles. The van der Waals surface area contributed by atoms with Gasteiger partial charge in [-0.1, -0.05) is 29.4 Å². The lowest BCUT2D eigenvalue weighted by Gasteiger charge is -2.09. The van der Waals surface area contributed by atoms with E-state index in [-0.39, 0.29) is 11.9 Å². The second-order valence-electron chi connectivity index (χ2n) is 6.53. The molecule has 0 aliphatic heterocycles. The molecule has 13 heteroatoms. The van der Waals surface area contributed by atoms with Crippen molar-refractivity contribution in [3.63, 3.8) is 0 Å². The summed E-state index contributed by atoms with van der Waals surface area (Å²) in [5, 5.41) is 24.0. The average molecular weight is 437 g/mol. The smallest absolute Gasteiger partial charge is 0.475 e. The Morgan fingerprint density at radius 3 is 2.42 bits per heavy atom. The van der Waals surface area contributed by atoms with E-state index in [1.165, 1.54) is 16.6 Å². The largest absolute Gasteiger partial charge is 0.490 e. The van der Waals surface area contributed by atoms with Crippen LogP contribution < -0.4 is 0 Å². The molecule has 2 aromatic heterocycles. The fourth-order valence-corrected chi connectivity index (χ4v) is 2.27. The molecule has 0 spiro atoms. The molecule has 1 aromatic carbocycles. The van der Waals surface area contributed by atoms with Crippen LogP contribution in [0.15, 0.2) is 35.1 Å². The molecule has 3 rings (SSSR count). The number of aromatic nitrogens is 5. The summed E-state index contributed by atoms with van der Waals surface area (Å²) in [5.74, 6) is -1.71. The van der Waals surface area contributed by atoms with Crippen LogP contribution in [0, 0.1) is 11.3 Å². The SMILES string of the molecule is CC(c1nc(-c2ccc(CN(C)C)cc2)no1)n1cnc(C#N)n1.O=C(O)C(F)(F)F. The Morgan fingerprint density at radius 2 is 1.94 bits per heavy atom. The number of nitriles is 1. The predicted octanol–water partition coefficient (Wildman–Crippen LogP) is 2.50. The van der Waals surface area contributed by atoms with Crippen molar-refractivity contribution in [2.75, 3.05) is 14.1 Å². The van der Waals surface area contributed by atoms with E-state index in [2.05, 4.69) is 25.1 Å². The minimum Gasteiger partial charge on any atom is -0.475 e. The lowest BCUT2D eigenvalue weighted by atomic mass is 10.1. The van der Waals surface area contributed by atoms with Crippen molar-refractivity contribution in [3.05, 3.63) is 47.9 Å². The van der Waals surface area contributed by atoms with Gasteiger partial charge in [0.2, 0.25) is 5.82 Å². The zero-order valence-electron chi connectivity index (χ0n) is 16.7. The summed E-state index contributed by atoms with van der Waals surface area (Å²) in [4.78, 5) is 19.3. The molecule has 0 aliphatic rings. The zero-order valence-corrected chi connectivity index (χ0v) is 16.7. The van der Waals surface area contributed by atoms with Crippen molar-refractivity contribution in [2.24, 2.45) is 0 Å². The Hall–Kier alpha value is -3.79. The number of hydrogen-bond donors (Lipinski definition) is 1. The van der Waals surface area contributed by atoms with Crippen LogP contribution in [-0.4, -0.2) is 61.2 Å². The number of carboxylic acid groups (broad SMARTS) is 1. The third-order valence-electron chi connectivity index (χ3n) is 3.76. The monoisotopic (exact) mass is 437 g/mol. The normalized spacial score (nSPS) is 12.1. The summed E-state index contributed by atoms with van der Waals surface area (Å²) >= 11 is 0. The highest BCUT2D eigenvalue weighted by Crippen LogP contribution is 2.21. The lowest BCUT2D eigenvalue weighted by molar-refractivity contribution is -0.192.